The smallest absolute Gasteiger partial charge is 0.302 e. The number of aliphatic hydroxyl groups is 2. The van der Waals surface area contributed by atoms with Gasteiger partial charge in [-0.05, 0) is 24.6 Å². The Morgan fingerprint density at radius 3 is 2.42 bits per heavy atom. The molecule has 13 nitrogen and oxygen atoms in total. The van der Waals surface area contributed by atoms with E-state index in [1.807, 2.05) is 19.1 Å². The lowest BCUT2D eigenvalue weighted by Crippen LogP contribution is -2.34. The zero-order valence-corrected chi connectivity index (χ0v) is 20.5. The van der Waals surface area contributed by atoms with E-state index < -0.39 is 30.5 Å². The van der Waals surface area contributed by atoms with Gasteiger partial charge in [0.05, 0.1) is 33.7 Å². The summed E-state index contributed by atoms with van der Waals surface area (Å²) in [5.41, 5.74) is 1.67. The summed E-state index contributed by atoms with van der Waals surface area (Å²) in [7, 11) is 4.64. The highest BCUT2D eigenvalue weighted by atomic mass is 16.6. The van der Waals surface area contributed by atoms with E-state index in [2.05, 4.69) is 20.3 Å². The molecule has 194 valence electrons. The number of rotatable bonds is 9. The van der Waals surface area contributed by atoms with Gasteiger partial charge in [-0.3, -0.25) is 9.36 Å². The molecule has 5 atom stereocenters. The zero-order chi connectivity index (χ0) is 26.0. The number of fused-ring (bicyclic) bond motifs is 1. The number of imidazole rings is 1. The maximum Gasteiger partial charge on any atom is 0.302 e. The minimum Gasteiger partial charge on any atom is -0.493 e. The van der Waals surface area contributed by atoms with Crippen LogP contribution in [0.5, 0.6) is 17.2 Å². The Kier molecular flexibility index (Phi) is 7.43. The minimum absolute atomic E-state index is 0.190. The number of methoxy groups -OCH3 is 3. The second-order valence-corrected chi connectivity index (χ2v) is 8.22. The molecule has 1 saturated heterocycles. The maximum atomic E-state index is 11.1. The molecule has 0 aliphatic carbocycles. The van der Waals surface area contributed by atoms with Gasteiger partial charge in [-0.1, -0.05) is 0 Å². The number of nitrogens with zero attached hydrogens (tertiary/aromatic N) is 4. The molecule has 2 unspecified atom stereocenters. The number of carbonyl (C=O) groups excluding carboxylic acids is 1. The van der Waals surface area contributed by atoms with Crippen LogP contribution in [0.4, 0.5) is 5.82 Å². The van der Waals surface area contributed by atoms with Crippen molar-refractivity contribution in [3.05, 3.63) is 30.4 Å². The number of anilines is 1. The third-order valence-corrected chi connectivity index (χ3v) is 5.96. The number of esters is 1. The molecule has 2 aromatic heterocycles. The van der Waals surface area contributed by atoms with Crippen molar-refractivity contribution in [2.24, 2.45) is 0 Å². The summed E-state index contributed by atoms with van der Waals surface area (Å²) >= 11 is 0. The third-order valence-electron chi connectivity index (χ3n) is 5.96. The summed E-state index contributed by atoms with van der Waals surface area (Å²) < 4.78 is 28.5. The van der Waals surface area contributed by atoms with Crippen LogP contribution in [0.1, 0.15) is 31.7 Å². The number of aromatic nitrogens is 4. The van der Waals surface area contributed by atoms with Crippen molar-refractivity contribution < 1.29 is 38.7 Å². The van der Waals surface area contributed by atoms with Gasteiger partial charge < -0.3 is 39.2 Å². The molecule has 0 bridgehead atoms. The summed E-state index contributed by atoms with van der Waals surface area (Å²) in [5, 5.41) is 24.2. The molecule has 3 N–H and O–H groups in total. The largest absolute Gasteiger partial charge is 0.493 e. The van der Waals surface area contributed by atoms with Gasteiger partial charge >= 0.3 is 5.97 Å². The number of benzene rings is 1. The second-order valence-electron chi connectivity index (χ2n) is 8.22. The van der Waals surface area contributed by atoms with E-state index in [0.717, 1.165) is 5.56 Å². The van der Waals surface area contributed by atoms with Gasteiger partial charge in [0.15, 0.2) is 34.7 Å². The van der Waals surface area contributed by atoms with E-state index in [1.165, 1.54) is 31.3 Å². The number of nitrogens with one attached hydrogen (secondary N) is 1. The fraction of sp³-hybridized carbons (Fsp3) is 0.478. The molecule has 4 rings (SSSR count). The second kappa shape index (κ2) is 10.5. The Balaban J connectivity index is 1.60. The van der Waals surface area contributed by atoms with Gasteiger partial charge in [-0.2, -0.15) is 0 Å². The topological polar surface area (TPSA) is 159 Å². The molecule has 0 saturated carbocycles. The summed E-state index contributed by atoms with van der Waals surface area (Å²) in [6.07, 6.45) is -1.62. The molecule has 36 heavy (non-hydrogen) atoms. The molecule has 1 aliphatic rings. The fourth-order valence-corrected chi connectivity index (χ4v) is 4.08. The molecular weight excluding hydrogens is 474 g/mol. The molecule has 1 aromatic carbocycles. The Bertz CT molecular complexity index is 1210. The van der Waals surface area contributed by atoms with E-state index in [9.17, 15) is 15.0 Å². The maximum absolute atomic E-state index is 11.1. The van der Waals surface area contributed by atoms with E-state index in [1.54, 1.807) is 14.2 Å². The molecule has 3 heterocycles. The van der Waals surface area contributed by atoms with E-state index in [-0.39, 0.29) is 12.6 Å². The normalized spacial score (nSPS) is 22.3. The fourth-order valence-electron chi connectivity index (χ4n) is 4.08. The first-order chi connectivity index (χ1) is 17.3. The van der Waals surface area contributed by atoms with Gasteiger partial charge in [-0.25, -0.2) is 15.0 Å². The Labute approximate surface area is 206 Å². The van der Waals surface area contributed by atoms with Gasteiger partial charge in [0.1, 0.15) is 31.2 Å². The first-order valence-corrected chi connectivity index (χ1v) is 11.2. The number of carbonyl (C=O) groups is 1. The molecular formula is C23H29N5O8. The van der Waals surface area contributed by atoms with E-state index >= 15 is 0 Å². The molecule has 13 heteroatoms. The highest BCUT2D eigenvalue weighted by Crippen LogP contribution is 2.40. The third kappa shape index (κ3) is 4.72. The van der Waals surface area contributed by atoms with Crippen molar-refractivity contribution >= 4 is 23.0 Å². The highest BCUT2D eigenvalue weighted by molar-refractivity contribution is 5.83. The average Bonchev–Trinajstić information content (AvgIpc) is 3.43. The van der Waals surface area contributed by atoms with Crippen LogP contribution < -0.4 is 19.5 Å². The van der Waals surface area contributed by atoms with Gasteiger partial charge in [0.2, 0.25) is 5.75 Å². The summed E-state index contributed by atoms with van der Waals surface area (Å²) in [5.74, 6) is 1.47. The van der Waals surface area contributed by atoms with Crippen LogP contribution in [0, 0.1) is 0 Å². The lowest BCUT2D eigenvalue weighted by atomic mass is 10.1. The van der Waals surface area contributed by atoms with Gasteiger partial charge in [0, 0.05) is 6.92 Å². The quantitative estimate of drug-likeness (QED) is 0.359. The van der Waals surface area contributed by atoms with Crippen molar-refractivity contribution in [1.82, 2.24) is 19.5 Å². The van der Waals surface area contributed by atoms with Crippen molar-refractivity contribution in [3.8, 4) is 17.2 Å². The van der Waals surface area contributed by atoms with Crippen LogP contribution in [0.3, 0.4) is 0 Å². The number of hydrogen-bond donors (Lipinski definition) is 3. The molecule has 1 fully saturated rings. The van der Waals surface area contributed by atoms with Crippen molar-refractivity contribution in [1.29, 1.82) is 0 Å². The summed E-state index contributed by atoms with van der Waals surface area (Å²) in [6.45, 7) is 3.00. The van der Waals surface area contributed by atoms with Crippen molar-refractivity contribution in [2.45, 2.75) is 44.4 Å². The molecule has 1 aliphatic heterocycles. The summed E-state index contributed by atoms with van der Waals surface area (Å²) in [4.78, 5) is 24.2. The van der Waals surface area contributed by atoms with Crippen LogP contribution in [0.15, 0.2) is 24.8 Å². The number of ether oxygens (including phenoxy) is 5. The average molecular weight is 504 g/mol. The van der Waals surface area contributed by atoms with Crippen LogP contribution in [0.2, 0.25) is 0 Å². The summed E-state index contributed by atoms with van der Waals surface area (Å²) in [6, 6.07) is 3.43. The highest BCUT2D eigenvalue weighted by Gasteiger charge is 2.44. The lowest BCUT2D eigenvalue weighted by Gasteiger charge is -2.19. The van der Waals surface area contributed by atoms with Crippen LogP contribution in [0.25, 0.3) is 11.2 Å². The molecule has 0 amide bonds. The Morgan fingerprint density at radius 1 is 1.11 bits per heavy atom. The van der Waals surface area contributed by atoms with Gasteiger partial charge in [-0.15, -0.1) is 0 Å². The van der Waals surface area contributed by atoms with Crippen LogP contribution in [-0.2, 0) is 14.3 Å². The van der Waals surface area contributed by atoms with Gasteiger partial charge in [0.25, 0.3) is 0 Å². The first-order valence-electron chi connectivity index (χ1n) is 11.2. The minimum atomic E-state index is -1.28. The monoisotopic (exact) mass is 503 g/mol. The van der Waals surface area contributed by atoms with Crippen LogP contribution >= 0.6 is 0 Å². The Hall–Kier alpha value is -3.68. The predicted molar refractivity (Wildman–Crippen MR) is 126 cm³/mol. The van der Waals surface area contributed by atoms with Crippen molar-refractivity contribution in [2.75, 3.05) is 33.3 Å². The molecule has 0 radical (unpaired) electrons. The first kappa shape index (κ1) is 25.4. The van der Waals surface area contributed by atoms with Crippen LogP contribution in [-0.4, -0.2) is 81.9 Å². The SMILES string of the molecule is COc1cc(C(C)Nc2ncnc3c2ncn3[C@@H]2O[C@H](COC(C)=O)[C@H](O)C2O)cc(OC)c1OC. The zero-order valence-electron chi connectivity index (χ0n) is 20.5. The molecule has 0 spiro atoms. The standard InChI is InChI=1S/C23H29N5O8/c1-11(13-6-14(32-3)20(34-5)15(7-13)33-4)27-21-17-22(25-9-24-21)28(10-26-17)23-19(31)18(30)16(36-23)8-35-12(2)29/h6-7,9-11,16,18-19,23,30-31H,8H2,1-5H3,(H,24,25,27)/t11?,16-,18+,19?,23-/m1/s1. The van der Waals surface area contributed by atoms with E-state index in [0.29, 0.717) is 34.2 Å². The predicted octanol–water partition coefficient (Wildman–Crippen LogP) is 1.21. The number of aliphatic hydroxyl groups excluding tert-OH is 2. The Morgan fingerprint density at radius 2 is 1.81 bits per heavy atom. The number of hydrogen-bond acceptors (Lipinski definition) is 12. The van der Waals surface area contributed by atoms with Crippen molar-refractivity contribution in [3.63, 3.8) is 0 Å². The van der Waals surface area contributed by atoms with E-state index in [4.69, 9.17) is 23.7 Å². The lowest BCUT2D eigenvalue weighted by molar-refractivity contribution is -0.147. The molecule has 3 aromatic rings.